The van der Waals surface area contributed by atoms with Crippen LogP contribution in [0.4, 0.5) is 0 Å². The number of rotatable bonds is 11. The highest BCUT2D eigenvalue weighted by atomic mass is 16.5. The Kier molecular flexibility index (Phi) is 9.10. The van der Waals surface area contributed by atoms with Crippen molar-refractivity contribution in [2.75, 3.05) is 26.4 Å². The molecule has 5 nitrogen and oxygen atoms in total. The fourth-order valence-electron chi connectivity index (χ4n) is 8.93. The minimum absolute atomic E-state index is 0.0871. The molecule has 282 valence electrons. The van der Waals surface area contributed by atoms with Gasteiger partial charge in [-0.2, -0.15) is 0 Å². The molecule has 9 aromatic rings. The van der Waals surface area contributed by atoms with E-state index in [1.807, 2.05) is 66.7 Å². The molecule has 1 aliphatic rings. The van der Waals surface area contributed by atoms with Gasteiger partial charge in [0.25, 0.3) is 0 Å². The Bertz CT molecular complexity index is 2830. The van der Waals surface area contributed by atoms with E-state index in [-0.39, 0.29) is 26.4 Å². The highest BCUT2D eigenvalue weighted by Gasteiger charge is 2.47. The summed E-state index contributed by atoms with van der Waals surface area (Å²) in [5.74, 6) is 1.41. The van der Waals surface area contributed by atoms with E-state index in [1.165, 1.54) is 11.1 Å². The smallest absolute Gasteiger partial charge is 0.136 e. The average molecular weight is 757 g/mol. The van der Waals surface area contributed by atoms with E-state index in [9.17, 15) is 10.2 Å². The summed E-state index contributed by atoms with van der Waals surface area (Å²) >= 11 is 0. The normalized spacial score (nSPS) is 12.7. The summed E-state index contributed by atoms with van der Waals surface area (Å²) in [5.41, 5.74) is 13.8. The molecule has 0 saturated heterocycles. The SMILES string of the molecule is OCCOc1ccc(C2(c3ccc(OCCO)c(-c4ccccc4)c3)c3ccccc3-c3ccc(-c4ccc5c(c4)oc4ccccc45)cc32)cc1-c1ccccc1. The van der Waals surface area contributed by atoms with Crippen LogP contribution in [0.25, 0.3) is 66.4 Å². The maximum absolute atomic E-state index is 9.78. The van der Waals surface area contributed by atoms with Crippen molar-refractivity contribution in [3.8, 4) is 56.0 Å². The van der Waals surface area contributed by atoms with E-state index in [2.05, 4.69) is 115 Å². The maximum atomic E-state index is 9.78. The van der Waals surface area contributed by atoms with Crippen LogP contribution in [0.5, 0.6) is 11.5 Å². The molecule has 0 aliphatic heterocycles. The minimum atomic E-state index is -0.788. The molecular weight excluding hydrogens is 717 g/mol. The molecule has 0 radical (unpaired) electrons. The fourth-order valence-corrected chi connectivity index (χ4v) is 8.93. The van der Waals surface area contributed by atoms with Crippen LogP contribution in [0.2, 0.25) is 0 Å². The molecule has 5 heteroatoms. The Hall–Kier alpha value is -6.92. The molecule has 0 unspecified atom stereocenters. The van der Waals surface area contributed by atoms with Crippen LogP contribution in [0.15, 0.2) is 186 Å². The first-order valence-corrected chi connectivity index (χ1v) is 19.7. The largest absolute Gasteiger partial charge is 0.491 e. The molecule has 2 N–H and O–H groups in total. The predicted octanol–water partition coefficient (Wildman–Crippen LogP) is 11.7. The zero-order valence-corrected chi connectivity index (χ0v) is 31.8. The van der Waals surface area contributed by atoms with Gasteiger partial charge in [0.2, 0.25) is 0 Å². The van der Waals surface area contributed by atoms with E-state index in [0.717, 1.165) is 77.6 Å². The van der Waals surface area contributed by atoms with Gasteiger partial charge < -0.3 is 24.1 Å². The number of aliphatic hydroxyl groups is 2. The van der Waals surface area contributed by atoms with Crippen molar-refractivity contribution in [3.05, 3.63) is 204 Å². The van der Waals surface area contributed by atoms with Crippen molar-refractivity contribution in [1.29, 1.82) is 0 Å². The summed E-state index contributed by atoms with van der Waals surface area (Å²) in [6, 6.07) is 63.8. The molecule has 1 heterocycles. The van der Waals surface area contributed by atoms with Crippen LogP contribution in [-0.2, 0) is 5.41 Å². The standard InChI is InChI=1S/C53H40O5/c54-27-29-56-49-25-21-39(33-45(49)35-11-3-1-4-12-35)53(40-22-26-50(57-30-28-55)46(34-40)36-13-5-2-6-14-36)47-17-9-7-15-41(47)42-23-19-37(31-48(42)53)38-20-24-44-43-16-8-10-18-51(43)58-52(44)32-38/h1-26,31-34,54-55H,27-30H2. The lowest BCUT2D eigenvalue weighted by Gasteiger charge is -2.35. The summed E-state index contributed by atoms with van der Waals surface area (Å²) in [7, 11) is 0. The fraction of sp³-hybridized carbons (Fsp3) is 0.0943. The molecular formula is C53H40O5. The molecule has 8 aromatic carbocycles. The highest BCUT2D eigenvalue weighted by molar-refractivity contribution is 6.06. The second-order valence-electron chi connectivity index (χ2n) is 14.7. The third-order valence-electron chi connectivity index (χ3n) is 11.4. The van der Waals surface area contributed by atoms with Gasteiger partial charge in [0.15, 0.2) is 0 Å². The van der Waals surface area contributed by atoms with E-state index >= 15 is 0 Å². The number of para-hydroxylation sites is 1. The quantitative estimate of drug-likeness (QED) is 0.137. The van der Waals surface area contributed by atoms with Gasteiger partial charge in [-0.05, 0) is 104 Å². The molecule has 0 atom stereocenters. The van der Waals surface area contributed by atoms with Crippen molar-refractivity contribution in [2.24, 2.45) is 0 Å². The number of hydrogen-bond donors (Lipinski definition) is 2. The number of benzene rings is 8. The first-order valence-electron chi connectivity index (χ1n) is 19.7. The zero-order valence-electron chi connectivity index (χ0n) is 31.8. The third kappa shape index (κ3) is 5.87. The monoisotopic (exact) mass is 756 g/mol. The van der Waals surface area contributed by atoms with Crippen LogP contribution in [0.3, 0.4) is 0 Å². The number of fused-ring (bicyclic) bond motifs is 6. The second kappa shape index (κ2) is 14.9. The summed E-state index contributed by atoms with van der Waals surface area (Å²) in [5, 5.41) is 21.8. The van der Waals surface area contributed by atoms with Crippen LogP contribution in [-0.4, -0.2) is 36.6 Å². The molecule has 10 rings (SSSR count). The lowest BCUT2D eigenvalue weighted by Crippen LogP contribution is -2.29. The topological polar surface area (TPSA) is 72.1 Å². The Labute approximate surface area is 337 Å². The molecule has 0 saturated carbocycles. The third-order valence-corrected chi connectivity index (χ3v) is 11.4. The molecule has 0 bridgehead atoms. The summed E-state index contributed by atoms with van der Waals surface area (Å²) in [6.07, 6.45) is 0. The second-order valence-corrected chi connectivity index (χ2v) is 14.7. The van der Waals surface area contributed by atoms with Gasteiger partial charge >= 0.3 is 0 Å². The van der Waals surface area contributed by atoms with Crippen molar-refractivity contribution < 1.29 is 24.1 Å². The zero-order chi connectivity index (χ0) is 39.1. The predicted molar refractivity (Wildman–Crippen MR) is 232 cm³/mol. The van der Waals surface area contributed by atoms with E-state index in [4.69, 9.17) is 13.9 Å². The molecule has 1 aliphatic carbocycles. The number of ether oxygens (including phenoxy) is 2. The van der Waals surface area contributed by atoms with Gasteiger partial charge in [0.1, 0.15) is 35.9 Å². The summed E-state index contributed by atoms with van der Waals surface area (Å²) in [6.45, 7) is 0.196. The van der Waals surface area contributed by atoms with Crippen LogP contribution >= 0.6 is 0 Å². The van der Waals surface area contributed by atoms with Crippen LogP contribution < -0.4 is 9.47 Å². The van der Waals surface area contributed by atoms with E-state index in [1.54, 1.807) is 0 Å². The maximum Gasteiger partial charge on any atom is 0.136 e. The molecule has 58 heavy (non-hydrogen) atoms. The lowest BCUT2D eigenvalue weighted by atomic mass is 9.66. The molecule has 0 amide bonds. The summed E-state index contributed by atoms with van der Waals surface area (Å²) in [4.78, 5) is 0. The Morgan fingerprint density at radius 1 is 0.397 bits per heavy atom. The van der Waals surface area contributed by atoms with E-state index < -0.39 is 5.41 Å². The number of furan rings is 1. The van der Waals surface area contributed by atoms with Gasteiger partial charge in [0.05, 0.1) is 18.6 Å². The van der Waals surface area contributed by atoms with Crippen molar-refractivity contribution in [1.82, 2.24) is 0 Å². The number of hydrogen-bond acceptors (Lipinski definition) is 5. The first-order chi connectivity index (χ1) is 28.7. The van der Waals surface area contributed by atoms with Gasteiger partial charge in [-0.25, -0.2) is 0 Å². The molecule has 0 fully saturated rings. The Balaban J connectivity index is 1.27. The summed E-state index contributed by atoms with van der Waals surface area (Å²) < 4.78 is 18.8. The first kappa shape index (κ1) is 35.5. The van der Waals surface area contributed by atoms with Gasteiger partial charge in [-0.15, -0.1) is 0 Å². The molecule has 0 spiro atoms. The van der Waals surface area contributed by atoms with Gasteiger partial charge in [-0.1, -0.05) is 133 Å². The minimum Gasteiger partial charge on any atom is -0.491 e. The van der Waals surface area contributed by atoms with Crippen molar-refractivity contribution in [2.45, 2.75) is 5.41 Å². The van der Waals surface area contributed by atoms with E-state index in [0.29, 0.717) is 11.5 Å². The highest BCUT2D eigenvalue weighted by Crippen LogP contribution is 2.58. The Morgan fingerprint density at radius 2 is 0.931 bits per heavy atom. The average Bonchev–Trinajstić information content (AvgIpc) is 3.81. The van der Waals surface area contributed by atoms with Crippen LogP contribution in [0, 0.1) is 0 Å². The Morgan fingerprint density at radius 3 is 1.59 bits per heavy atom. The molecule has 1 aromatic heterocycles. The van der Waals surface area contributed by atoms with Gasteiger partial charge in [-0.3, -0.25) is 0 Å². The number of aliphatic hydroxyl groups excluding tert-OH is 2. The van der Waals surface area contributed by atoms with Crippen molar-refractivity contribution >= 4 is 21.9 Å². The van der Waals surface area contributed by atoms with Gasteiger partial charge in [0, 0.05) is 21.9 Å². The van der Waals surface area contributed by atoms with Crippen molar-refractivity contribution in [3.63, 3.8) is 0 Å². The van der Waals surface area contributed by atoms with Crippen LogP contribution in [0.1, 0.15) is 22.3 Å². The lowest BCUT2D eigenvalue weighted by molar-refractivity contribution is 0.202.